The number of thioether (sulfide) groups is 1. The van der Waals surface area contributed by atoms with E-state index in [1.54, 1.807) is 30.3 Å². The van der Waals surface area contributed by atoms with Gasteiger partial charge in [-0.1, -0.05) is 18.2 Å². The highest BCUT2D eigenvalue weighted by Crippen LogP contribution is 2.37. The number of carbonyl (C=O) groups is 3. The van der Waals surface area contributed by atoms with Crippen molar-refractivity contribution in [3.8, 4) is 0 Å². The molecule has 0 aromatic heterocycles. The summed E-state index contributed by atoms with van der Waals surface area (Å²) in [7, 11) is 0. The molecule has 6 nitrogen and oxygen atoms in total. The number of para-hydroxylation sites is 1. The first kappa shape index (κ1) is 16.1. The van der Waals surface area contributed by atoms with Crippen LogP contribution in [0.1, 0.15) is 16.8 Å². The van der Waals surface area contributed by atoms with Gasteiger partial charge in [0.2, 0.25) is 11.8 Å². The molecular weight excluding hydrogens is 328 g/mol. The smallest absolute Gasteiger partial charge is 0.335 e. The third-order valence-corrected chi connectivity index (χ3v) is 4.73. The van der Waals surface area contributed by atoms with Crippen molar-refractivity contribution >= 4 is 40.9 Å². The number of hydrogen-bond acceptors (Lipinski definition) is 4. The van der Waals surface area contributed by atoms with E-state index in [9.17, 15) is 14.4 Å². The van der Waals surface area contributed by atoms with E-state index < -0.39 is 11.2 Å². The van der Waals surface area contributed by atoms with E-state index in [2.05, 4.69) is 10.6 Å². The second kappa shape index (κ2) is 6.76. The summed E-state index contributed by atoms with van der Waals surface area (Å²) < 4.78 is 0. The van der Waals surface area contributed by atoms with Crippen LogP contribution in [0.5, 0.6) is 0 Å². The van der Waals surface area contributed by atoms with Crippen molar-refractivity contribution in [3.05, 3.63) is 54.1 Å². The number of carboxylic acid groups (broad SMARTS) is 1. The highest BCUT2D eigenvalue weighted by molar-refractivity contribution is 8.01. The quantitative estimate of drug-likeness (QED) is 0.794. The molecule has 0 saturated carbocycles. The summed E-state index contributed by atoms with van der Waals surface area (Å²) in [6.45, 7) is 0. The molecule has 2 aromatic carbocycles. The Morgan fingerprint density at radius 1 is 1.17 bits per heavy atom. The molecule has 0 fully saturated rings. The summed E-state index contributed by atoms with van der Waals surface area (Å²) in [5.74, 6) is -1.57. The number of carbonyl (C=O) groups excluding carboxylic acids is 2. The van der Waals surface area contributed by atoms with Crippen LogP contribution in [0, 0.1) is 0 Å². The van der Waals surface area contributed by atoms with Crippen molar-refractivity contribution in [2.45, 2.75) is 16.6 Å². The molecule has 1 heterocycles. The Labute approximate surface area is 142 Å². The highest BCUT2D eigenvalue weighted by atomic mass is 32.2. The van der Waals surface area contributed by atoms with Crippen molar-refractivity contribution in [2.75, 3.05) is 10.6 Å². The highest BCUT2D eigenvalue weighted by Gasteiger charge is 2.29. The van der Waals surface area contributed by atoms with Gasteiger partial charge in [-0.15, -0.1) is 11.8 Å². The predicted molar refractivity (Wildman–Crippen MR) is 91.4 cm³/mol. The molecule has 3 N–H and O–H groups in total. The Morgan fingerprint density at radius 2 is 1.92 bits per heavy atom. The van der Waals surface area contributed by atoms with Crippen LogP contribution in [0.3, 0.4) is 0 Å². The minimum atomic E-state index is -1.03. The van der Waals surface area contributed by atoms with Gasteiger partial charge in [0.1, 0.15) is 0 Å². The van der Waals surface area contributed by atoms with Gasteiger partial charge in [0.15, 0.2) is 0 Å². The number of rotatable bonds is 4. The van der Waals surface area contributed by atoms with E-state index in [1.807, 2.05) is 6.07 Å². The monoisotopic (exact) mass is 342 g/mol. The van der Waals surface area contributed by atoms with E-state index in [1.165, 1.54) is 23.9 Å². The summed E-state index contributed by atoms with van der Waals surface area (Å²) in [5.41, 5.74) is 1.37. The topological polar surface area (TPSA) is 95.5 Å². The van der Waals surface area contributed by atoms with Crippen molar-refractivity contribution < 1.29 is 19.5 Å². The lowest BCUT2D eigenvalue weighted by Gasteiger charge is -2.24. The number of anilines is 2. The molecule has 122 valence electrons. The summed E-state index contributed by atoms with van der Waals surface area (Å²) in [5, 5.41) is 13.9. The zero-order chi connectivity index (χ0) is 17.1. The summed E-state index contributed by atoms with van der Waals surface area (Å²) in [6, 6.07) is 13.5. The molecule has 0 spiro atoms. The minimum absolute atomic E-state index is 0.00212. The summed E-state index contributed by atoms with van der Waals surface area (Å²) in [6.07, 6.45) is 0.00212. The van der Waals surface area contributed by atoms with Gasteiger partial charge in [0.25, 0.3) is 0 Å². The van der Waals surface area contributed by atoms with Crippen LogP contribution in [0.25, 0.3) is 0 Å². The van der Waals surface area contributed by atoms with E-state index in [0.29, 0.717) is 16.3 Å². The minimum Gasteiger partial charge on any atom is -0.478 e. The van der Waals surface area contributed by atoms with Crippen molar-refractivity contribution in [1.29, 1.82) is 0 Å². The lowest BCUT2D eigenvalue weighted by Crippen LogP contribution is -2.32. The largest absolute Gasteiger partial charge is 0.478 e. The maximum Gasteiger partial charge on any atom is 0.335 e. The second-order valence-electron chi connectivity index (χ2n) is 5.23. The molecule has 1 aliphatic rings. The van der Waals surface area contributed by atoms with Crippen LogP contribution in [-0.4, -0.2) is 28.1 Å². The first-order valence-corrected chi connectivity index (χ1v) is 8.10. The molecule has 0 radical (unpaired) electrons. The van der Waals surface area contributed by atoms with Gasteiger partial charge in [-0.2, -0.15) is 0 Å². The number of hydrogen-bond donors (Lipinski definition) is 3. The molecule has 1 atom stereocenters. The van der Waals surface area contributed by atoms with Crippen molar-refractivity contribution in [3.63, 3.8) is 0 Å². The third-order valence-electron chi connectivity index (χ3n) is 3.48. The molecular formula is C17H14N2O4S. The molecule has 2 amide bonds. The number of amides is 2. The fourth-order valence-corrected chi connectivity index (χ4v) is 3.46. The molecule has 0 bridgehead atoms. The molecule has 3 rings (SSSR count). The Hall–Kier alpha value is -2.80. The molecule has 24 heavy (non-hydrogen) atoms. The van der Waals surface area contributed by atoms with Crippen LogP contribution in [0.15, 0.2) is 53.4 Å². The van der Waals surface area contributed by atoms with Crippen molar-refractivity contribution in [1.82, 2.24) is 0 Å². The Kier molecular flexibility index (Phi) is 4.52. The Balaban J connectivity index is 1.71. The van der Waals surface area contributed by atoms with Gasteiger partial charge in [0, 0.05) is 17.0 Å². The molecule has 0 unspecified atom stereocenters. The lowest BCUT2D eigenvalue weighted by molar-refractivity contribution is -0.120. The zero-order valence-corrected chi connectivity index (χ0v) is 13.3. The van der Waals surface area contributed by atoms with Gasteiger partial charge in [-0.3, -0.25) is 9.59 Å². The van der Waals surface area contributed by atoms with Gasteiger partial charge < -0.3 is 15.7 Å². The average Bonchev–Trinajstić information content (AvgIpc) is 2.56. The predicted octanol–water partition coefficient (Wildman–Crippen LogP) is 2.83. The van der Waals surface area contributed by atoms with Crippen LogP contribution in [0.2, 0.25) is 0 Å². The van der Waals surface area contributed by atoms with Crippen LogP contribution in [-0.2, 0) is 9.59 Å². The fourth-order valence-electron chi connectivity index (χ4n) is 2.31. The third kappa shape index (κ3) is 3.57. The molecule has 0 saturated heterocycles. The standard InChI is InChI=1S/C17H14N2O4S/c20-15(18-11-4-2-1-3-5-11)9-14-16(21)19-12-7-6-10(17(22)23)8-13(12)24-14/h1-8,14H,9H2,(H,18,20)(H,19,21)(H,22,23)/t14-/m1/s1. The maximum absolute atomic E-state index is 12.1. The average molecular weight is 342 g/mol. The lowest BCUT2D eigenvalue weighted by atomic mass is 10.2. The number of carboxylic acids is 1. The molecule has 2 aromatic rings. The molecule has 0 aliphatic carbocycles. The number of fused-ring (bicyclic) bond motifs is 1. The molecule has 1 aliphatic heterocycles. The van der Waals surface area contributed by atoms with E-state index >= 15 is 0 Å². The van der Waals surface area contributed by atoms with E-state index in [4.69, 9.17) is 5.11 Å². The second-order valence-corrected chi connectivity index (χ2v) is 6.47. The Bertz CT molecular complexity index is 807. The van der Waals surface area contributed by atoms with E-state index in [0.717, 1.165) is 0 Å². The first-order chi connectivity index (χ1) is 11.5. The number of benzene rings is 2. The normalized spacial score (nSPS) is 16.0. The summed E-state index contributed by atoms with van der Waals surface area (Å²) >= 11 is 1.20. The number of nitrogens with one attached hydrogen (secondary N) is 2. The van der Waals surface area contributed by atoms with Crippen LogP contribution < -0.4 is 10.6 Å². The van der Waals surface area contributed by atoms with Gasteiger partial charge in [-0.05, 0) is 30.3 Å². The van der Waals surface area contributed by atoms with Crippen LogP contribution >= 0.6 is 11.8 Å². The van der Waals surface area contributed by atoms with E-state index in [-0.39, 0.29) is 23.8 Å². The fraction of sp³-hybridized carbons (Fsp3) is 0.118. The van der Waals surface area contributed by atoms with Gasteiger partial charge in [-0.25, -0.2) is 4.79 Å². The molecule has 7 heteroatoms. The zero-order valence-electron chi connectivity index (χ0n) is 12.5. The summed E-state index contributed by atoms with van der Waals surface area (Å²) in [4.78, 5) is 35.9. The maximum atomic E-state index is 12.1. The first-order valence-electron chi connectivity index (χ1n) is 7.22. The van der Waals surface area contributed by atoms with Crippen LogP contribution in [0.4, 0.5) is 11.4 Å². The Morgan fingerprint density at radius 3 is 2.62 bits per heavy atom. The van der Waals surface area contributed by atoms with Gasteiger partial charge >= 0.3 is 5.97 Å². The van der Waals surface area contributed by atoms with Crippen molar-refractivity contribution in [2.24, 2.45) is 0 Å². The van der Waals surface area contributed by atoms with Gasteiger partial charge in [0.05, 0.1) is 16.5 Å². The SMILES string of the molecule is O=C(C[C@H]1Sc2cc(C(=O)O)ccc2NC1=O)Nc1ccccc1. The number of aromatic carboxylic acids is 1.